The summed E-state index contributed by atoms with van der Waals surface area (Å²) in [6, 6.07) is 0. The maximum atomic E-state index is 5.55. The van der Waals surface area contributed by atoms with Crippen LogP contribution in [0.5, 0.6) is 0 Å². The van der Waals surface area contributed by atoms with Gasteiger partial charge in [-0.25, -0.2) is 0 Å². The number of ether oxygens (including phenoxy) is 2. The van der Waals surface area contributed by atoms with Crippen molar-refractivity contribution in [2.24, 2.45) is 4.99 Å². The van der Waals surface area contributed by atoms with Crippen molar-refractivity contribution in [1.29, 1.82) is 0 Å². The second-order valence-corrected chi connectivity index (χ2v) is 5.90. The van der Waals surface area contributed by atoms with E-state index < -0.39 is 0 Å². The van der Waals surface area contributed by atoms with Crippen molar-refractivity contribution < 1.29 is 9.47 Å². The van der Waals surface area contributed by atoms with E-state index in [4.69, 9.17) is 9.47 Å². The summed E-state index contributed by atoms with van der Waals surface area (Å²) in [6.45, 7) is 12.3. The maximum absolute atomic E-state index is 5.55. The highest BCUT2D eigenvalue weighted by Gasteiger charge is 1.98. The number of aryl methyl sites for hydroxylation is 2. The van der Waals surface area contributed by atoms with Crippen LogP contribution in [0.2, 0.25) is 0 Å². The summed E-state index contributed by atoms with van der Waals surface area (Å²) in [5, 5.41) is 10.8. The molecule has 7 nitrogen and oxygen atoms in total. The Hall–Kier alpha value is -0.870. The minimum atomic E-state index is 0. The SMILES string of the molecule is CCCCOCCOCCNC(=NCCCn1cc(C)cn1)NCC.I. The van der Waals surface area contributed by atoms with Crippen LogP contribution in [0.4, 0.5) is 0 Å². The first-order valence-electron chi connectivity index (χ1n) is 9.43. The molecule has 1 rings (SSSR count). The van der Waals surface area contributed by atoms with E-state index in [9.17, 15) is 0 Å². The molecule has 0 unspecified atom stereocenters. The second-order valence-electron chi connectivity index (χ2n) is 5.90. The summed E-state index contributed by atoms with van der Waals surface area (Å²) in [4.78, 5) is 4.58. The van der Waals surface area contributed by atoms with Crippen LogP contribution in [0.1, 0.15) is 38.7 Å². The number of aromatic nitrogens is 2. The van der Waals surface area contributed by atoms with Gasteiger partial charge in [-0.2, -0.15) is 5.10 Å². The first-order chi connectivity index (χ1) is 12.3. The normalized spacial score (nSPS) is 11.3. The van der Waals surface area contributed by atoms with Crippen LogP contribution in [-0.4, -0.2) is 61.8 Å². The summed E-state index contributed by atoms with van der Waals surface area (Å²) >= 11 is 0. The van der Waals surface area contributed by atoms with Gasteiger partial charge in [0.2, 0.25) is 0 Å². The maximum Gasteiger partial charge on any atom is 0.191 e. The summed E-state index contributed by atoms with van der Waals surface area (Å²) < 4.78 is 13.0. The van der Waals surface area contributed by atoms with Crippen LogP contribution >= 0.6 is 24.0 Å². The van der Waals surface area contributed by atoms with Crippen molar-refractivity contribution in [3.63, 3.8) is 0 Å². The number of nitrogens with zero attached hydrogens (tertiary/aromatic N) is 3. The molecule has 1 aromatic rings. The monoisotopic (exact) mass is 481 g/mol. The molecule has 2 N–H and O–H groups in total. The fourth-order valence-corrected chi connectivity index (χ4v) is 2.16. The lowest BCUT2D eigenvalue weighted by Gasteiger charge is -2.11. The molecular formula is C18H36IN5O2. The van der Waals surface area contributed by atoms with Gasteiger partial charge in [0, 0.05) is 39.0 Å². The highest BCUT2D eigenvalue weighted by molar-refractivity contribution is 14.0. The Morgan fingerprint density at radius 1 is 1.12 bits per heavy atom. The number of guanidine groups is 1. The third kappa shape index (κ3) is 13.3. The largest absolute Gasteiger partial charge is 0.379 e. The number of hydrogen-bond donors (Lipinski definition) is 2. The Labute approximate surface area is 175 Å². The minimum absolute atomic E-state index is 0. The molecule has 0 aliphatic heterocycles. The number of hydrogen-bond acceptors (Lipinski definition) is 4. The highest BCUT2D eigenvalue weighted by atomic mass is 127. The van der Waals surface area contributed by atoms with Crippen LogP contribution in [-0.2, 0) is 16.0 Å². The van der Waals surface area contributed by atoms with E-state index in [1.807, 2.05) is 17.8 Å². The number of unbranched alkanes of at least 4 members (excludes halogenated alkanes) is 1. The van der Waals surface area contributed by atoms with Crippen molar-refractivity contribution in [2.45, 2.75) is 46.6 Å². The van der Waals surface area contributed by atoms with Gasteiger partial charge in [0.15, 0.2) is 5.96 Å². The number of rotatable bonds is 14. The van der Waals surface area contributed by atoms with Crippen molar-refractivity contribution in [2.75, 3.05) is 46.1 Å². The Morgan fingerprint density at radius 3 is 2.54 bits per heavy atom. The van der Waals surface area contributed by atoms with E-state index in [1.165, 1.54) is 12.0 Å². The van der Waals surface area contributed by atoms with Gasteiger partial charge in [-0.15, -0.1) is 24.0 Å². The topological polar surface area (TPSA) is 72.7 Å². The third-order valence-corrected chi connectivity index (χ3v) is 3.47. The Bertz CT molecular complexity index is 468. The van der Waals surface area contributed by atoms with Gasteiger partial charge in [0.05, 0.1) is 26.0 Å². The number of halogens is 1. The van der Waals surface area contributed by atoms with Gasteiger partial charge in [0.25, 0.3) is 0 Å². The van der Waals surface area contributed by atoms with Gasteiger partial charge in [-0.1, -0.05) is 13.3 Å². The standard InChI is InChI=1S/C18H35N5O2.HI/c1-4-6-11-24-13-14-25-12-9-21-18(19-5-2)20-8-7-10-23-16-17(3)15-22-23;/h15-16H,4-14H2,1-3H3,(H2,19,20,21);1H. The smallest absolute Gasteiger partial charge is 0.191 e. The van der Waals surface area contributed by atoms with E-state index in [1.54, 1.807) is 0 Å². The molecule has 0 aliphatic rings. The quantitative estimate of drug-likeness (QED) is 0.185. The van der Waals surface area contributed by atoms with E-state index in [2.05, 4.69) is 40.8 Å². The molecule has 0 bridgehead atoms. The zero-order valence-corrected chi connectivity index (χ0v) is 18.8. The van der Waals surface area contributed by atoms with E-state index >= 15 is 0 Å². The molecule has 0 saturated carbocycles. The molecule has 0 aliphatic carbocycles. The number of nitrogens with one attached hydrogen (secondary N) is 2. The molecule has 26 heavy (non-hydrogen) atoms. The summed E-state index contributed by atoms with van der Waals surface area (Å²) in [5.74, 6) is 0.835. The summed E-state index contributed by atoms with van der Waals surface area (Å²) in [7, 11) is 0. The molecular weight excluding hydrogens is 445 g/mol. The molecule has 0 atom stereocenters. The van der Waals surface area contributed by atoms with Crippen LogP contribution in [0.15, 0.2) is 17.4 Å². The van der Waals surface area contributed by atoms with E-state index in [0.29, 0.717) is 19.8 Å². The lowest BCUT2D eigenvalue weighted by atomic mass is 10.4. The highest BCUT2D eigenvalue weighted by Crippen LogP contribution is 1.96. The van der Waals surface area contributed by atoms with Crippen molar-refractivity contribution in [3.8, 4) is 0 Å². The average Bonchev–Trinajstić information content (AvgIpc) is 3.02. The van der Waals surface area contributed by atoms with Gasteiger partial charge >= 0.3 is 0 Å². The first-order valence-corrected chi connectivity index (χ1v) is 9.43. The summed E-state index contributed by atoms with van der Waals surface area (Å²) in [5.41, 5.74) is 1.19. The van der Waals surface area contributed by atoms with E-state index in [0.717, 1.165) is 51.6 Å². The fourth-order valence-electron chi connectivity index (χ4n) is 2.16. The number of aliphatic imine (C=N–C) groups is 1. The molecule has 0 saturated heterocycles. The molecule has 0 fully saturated rings. The van der Waals surface area contributed by atoms with Crippen LogP contribution in [0.25, 0.3) is 0 Å². The lowest BCUT2D eigenvalue weighted by molar-refractivity contribution is 0.0487. The van der Waals surface area contributed by atoms with Gasteiger partial charge in [-0.05, 0) is 32.3 Å². The zero-order chi connectivity index (χ0) is 18.2. The third-order valence-electron chi connectivity index (χ3n) is 3.47. The van der Waals surface area contributed by atoms with Crippen molar-refractivity contribution in [1.82, 2.24) is 20.4 Å². The fraction of sp³-hybridized carbons (Fsp3) is 0.778. The van der Waals surface area contributed by atoms with Crippen LogP contribution < -0.4 is 10.6 Å². The average molecular weight is 481 g/mol. The van der Waals surface area contributed by atoms with Crippen LogP contribution in [0.3, 0.4) is 0 Å². The Balaban J connectivity index is 0.00000625. The van der Waals surface area contributed by atoms with Gasteiger partial charge in [0.1, 0.15) is 0 Å². The molecule has 0 aromatic carbocycles. The zero-order valence-electron chi connectivity index (χ0n) is 16.5. The Morgan fingerprint density at radius 2 is 1.88 bits per heavy atom. The second kappa shape index (κ2) is 17.5. The van der Waals surface area contributed by atoms with Crippen molar-refractivity contribution >= 4 is 29.9 Å². The van der Waals surface area contributed by atoms with Gasteiger partial charge < -0.3 is 20.1 Å². The van der Waals surface area contributed by atoms with Crippen LogP contribution in [0, 0.1) is 6.92 Å². The predicted octanol–water partition coefficient (Wildman–Crippen LogP) is 2.59. The lowest BCUT2D eigenvalue weighted by Crippen LogP contribution is -2.39. The molecule has 0 amide bonds. The molecule has 0 radical (unpaired) electrons. The molecule has 1 heterocycles. The van der Waals surface area contributed by atoms with Gasteiger partial charge in [-0.3, -0.25) is 9.67 Å². The predicted molar refractivity (Wildman–Crippen MR) is 118 cm³/mol. The van der Waals surface area contributed by atoms with E-state index in [-0.39, 0.29) is 24.0 Å². The Kier molecular flexibility index (Phi) is 17.0. The molecule has 8 heteroatoms. The summed E-state index contributed by atoms with van der Waals surface area (Å²) in [6.07, 6.45) is 7.17. The minimum Gasteiger partial charge on any atom is -0.379 e. The first kappa shape index (κ1) is 25.1. The molecule has 1 aromatic heterocycles. The molecule has 0 spiro atoms. The van der Waals surface area contributed by atoms with Crippen molar-refractivity contribution in [3.05, 3.63) is 18.0 Å². The molecule has 152 valence electrons.